The quantitative estimate of drug-likeness (QED) is 0.597. The van der Waals surface area contributed by atoms with E-state index in [4.69, 9.17) is 0 Å². The van der Waals surface area contributed by atoms with E-state index in [1.807, 2.05) is 0 Å². The second-order valence-electron chi connectivity index (χ2n) is 3.16. The summed E-state index contributed by atoms with van der Waals surface area (Å²) in [6.45, 7) is 4.19. The first kappa shape index (κ1) is 11.1. The number of aryl methyl sites for hydroxylation is 1. The van der Waals surface area contributed by atoms with Crippen molar-refractivity contribution < 1.29 is 4.79 Å². The third-order valence-electron chi connectivity index (χ3n) is 2.08. The number of amides is 1. The van der Waals surface area contributed by atoms with Gasteiger partial charge in [-0.3, -0.25) is 4.79 Å². The van der Waals surface area contributed by atoms with Crippen LogP contribution < -0.4 is 4.72 Å². The van der Waals surface area contributed by atoms with Crippen LogP contribution >= 0.6 is 11.9 Å². The van der Waals surface area contributed by atoms with Gasteiger partial charge in [0.2, 0.25) is 6.41 Å². The highest BCUT2D eigenvalue weighted by Gasteiger charge is 2.08. The molecule has 0 spiro atoms. The van der Waals surface area contributed by atoms with Crippen LogP contribution in [0, 0.1) is 6.92 Å². The fourth-order valence-corrected chi connectivity index (χ4v) is 1.96. The van der Waals surface area contributed by atoms with Gasteiger partial charge in [0, 0.05) is 5.25 Å². The first-order chi connectivity index (χ1) is 6.77. The first-order valence-electron chi connectivity index (χ1n) is 4.69. The van der Waals surface area contributed by atoms with Crippen LogP contribution in [0.4, 0.5) is 0 Å². The average molecular weight is 209 g/mol. The molecule has 0 aromatic heterocycles. The summed E-state index contributed by atoms with van der Waals surface area (Å²) in [7, 11) is 0. The van der Waals surface area contributed by atoms with E-state index >= 15 is 0 Å². The lowest BCUT2D eigenvalue weighted by Crippen LogP contribution is -2.04. The van der Waals surface area contributed by atoms with Crippen LogP contribution in [-0.4, -0.2) is 6.41 Å². The van der Waals surface area contributed by atoms with Crippen LogP contribution in [0.1, 0.15) is 29.7 Å². The molecule has 1 rings (SSSR count). The third kappa shape index (κ3) is 3.07. The molecule has 3 heteroatoms. The van der Waals surface area contributed by atoms with Crippen molar-refractivity contribution in [3.8, 4) is 0 Å². The fraction of sp³-hybridized carbons (Fsp3) is 0.364. The zero-order chi connectivity index (χ0) is 10.4. The largest absolute Gasteiger partial charge is 0.302 e. The van der Waals surface area contributed by atoms with E-state index in [1.165, 1.54) is 23.1 Å². The summed E-state index contributed by atoms with van der Waals surface area (Å²) in [5.41, 5.74) is 2.52. The second kappa shape index (κ2) is 5.70. The number of carbonyl (C=O) groups excluding carboxylic acids is 1. The Kier molecular flexibility index (Phi) is 4.53. The fourth-order valence-electron chi connectivity index (χ4n) is 1.28. The normalized spacial score (nSPS) is 12.1. The van der Waals surface area contributed by atoms with Gasteiger partial charge < -0.3 is 4.72 Å². The maximum atomic E-state index is 10.2. The molecule has 0 fully saturated rings. The number of nitrogens with one attached hydrogen (secondary N) is 1. The zero-order valence-electron chi connectivity index (χ0n) is 8.49. The minimum atomic E-state index is 0.348. The summed E-state index contributed by atoms with van der Waals surface area (Å²) in [4.78, 5) is 10.2. The molecule has 0 saturated heterocycles. The monoisotopic (exact) mass is 209 g/mol. The summed E-state index contributed by atoms with van der Waals surface area (Å²) < 4.78 is 2.65. The van der Waals surface area contributed by atoms with E-state index in [0.717, 1.165) is 12.8 Å². The first-order valence-corrected chi connectivity index (χ1v) is 5.57. The molecule has 2 nitrogen and oxygen atoms in total. The lowest BCUT2D eigenvalue weighted by molar-refractivity contribution is -0.107. The Morgan fingerprint density at radius 1 is 1.43 bits per heavy atom. The number of hydrogen-bond donors (Lipinski definition) is 1. The molecule has 0 aliphatic rings. The van der Waals surface area contributed by atoms with Crippen LogP contribution in [0.5, 0.6) is 0 Å². The topological polar surface area (TPSA) is 29.1 Å². The van der Waals surface area contributed by atoms with E-state index in [2.05, 4.69) is 42.8 Å². The highest BCUT2D eigenvalue weighted by atomic mass is 32.2. The Balaban J connectivity index is 2.68. The van der Waals surface area contributed by atoms with Crippen molar-refractivity contribution >= 4 is 18.4 Å². The van der Waals surface area contributed by atoms with Crippen LogP contribution in [-0.2, 0) is 4.79 Å². The molecule has 0 bridgehead atoms. The third-order valence-corrected chi connectivity index (χ3v) is 3.20. The predicted octanol–water partition coefficient (Wildman–Crippen LogP) is 2.84. The van der Waals surface area contributed by atoms with Crippen molar-refractivity contribution in [2.45, 2.75) is 25.5 Å². The summed E-state index contributed by atoms with van der Waals surface area (Å²) >= 11 is 1.46. The summed E-state index contributed by atoms with van der Waals surface area (Å²) in [5.74, 6) is 0. The van der Waals surface area contributed by atoms with Gasteiger partial charge in [-0.1, -0.05) is 36.8 Å². The standard InChI is InChI=1S/C11H15NOS/c1-3-11(14-12-8-13)10-6-4-9(2)5-7-10/h4-8,11H,3H2,1-2H3,(H,12,13). The van der Waals surface area contributed by atoms with Gasteiger partial charge in [-0.15, -0.1) is 0 Å². The highest BCUT2D eigenvalue weighted by Crippen LogP contribution is 2.29. The molecule has 0 heterocycles. The molecule has 1 atom stereocenters. The van der Waals surface area contributed by atoms with Crippen LogP contribution in [0.3, 0.4) is 0 Å². The van der Waals surface area contributed by atoms with Gasteiger partial charge in [-0.25, -0.2) is 0 Å². The lowest BCUT2D eigenvalue weighted by atomic mass is 10.1. The van der Waals surface area contributed by atoms with Crippen molar-refractivity contribution in [3.63, 3.8) is 0 Å². The van der Waals surface area contributed by atoms with Crippen molar-refractivity contribution in [1.29, 1.82) is 0 Å². The molecule has 0 aliphatic heterocycles. The molecule has 0 saturated carbocycles. The Bertz CT molecular complexity index is 284. The van der Waals surface area contributed by atoms with Gasteiger partial charge in [-0.2, -0.15) is 0 Å². The maximum Gasteiger partial charge on any atom is 0.216 e. The van der Waals surface area contributed by atoms with Crippen molar-refractivity contribution in [1.82, 2.24) is 4.72 Å². The summed E-state index contributed by atoms with van der Waals surface area (Å²) in [6.07, 6.45) is 1.73. The number of benzene rings is 1. The molecule has 14 heavy (non-hydrogen) atoms. The zero-order valence-corrected chi connectivity index (χ0v) is 9.30. The molecule has 1 unspecified atom stereocenters. The Labute approximate surface area is 89.2 Å². The lowest BCUT2D eigenvalue weighted by Gasteiger charge is -2.13. The van der Waals surface area contributed by atoms with Crippen molar-refractivity contribution in [2.75, 3.05) is 0 Å². The van der Waals surface area contributed by atoms with Gasteiger partial charge in [0.1, 0.15) is 0 Å². The molecule has 0 radical (unpaired) electrons. The van der Waals surface area contributed by atoms with Crippen molar-refractivity contribution in [2.24, 2.45) is 0 Å². The van der Waals surface area contributed by atoms with E-state index in [1.54, 1.807) is 0 Å². The van der Waals surface area contributed by atoms with E-state index in [9.17, 15) is 4.79 Å². The Morgan fingerprint density at radius 3 is 2.57 bits per heavy atom. The van der Waals surface area contributed by atoms with Gasteiger partial charge in [0.05, 0.1) is 0 Å². The summed E-state index contributed by atoms with van der Waals surface area (Å²) in [6, 6.07) is 8.42. The second-order valence-corrected chi connectivity index (χ2v) is 4.20. The van der Waals surface area contributed by atoms with E-state index < -0.39 is 0 Å². The molecule has 0 aliphatic carbocycles. The molecule has 1 aromatic rings. The predicted molar refractivity (Wildman–Crippen MR) is 61.0 cm³/mol. The van der Waals surface area contributed by atoms with Crippen LogP contribution in [0.2, 0.25) is 0 Å². The van der Waals surface area contributed by atoms with Crippen LogP contribution in [0.15, 0.2) is 24.3 Å². The number of rotatable bonds is 5. The average Bonchev–Trinajstić information content (AvgIpc) is 2.21. The van der Waals surface area contributed by atoms with Gasteiger partial charge in [0.15, 0.2) is 0 Å². The van der Waals surface area contributed by atoms with Gasteiger partial charge in [0.25, 0.3) is 0 Å². The molecule has 1 aromatic carbocycles. The minimum absolute atomic E-state index is 0.348. The van der Waals surface area contributed by atoms with E-state index in [-0.39, 0.29) is 0 Å². The number of hydrogen-bond acceptors (Lipinski definition) is 2. The van der Waals surface area contributed by atoms with E-state index in [0.29, 0.717) is 5.25 Å². The number of carbonyl (C=O) groups is 1. The van der Waals surface area contributed by atoms with Gasteiger partial charge >= 0.3 is 0 Å². The molecular formula is C11H15NOS. The summed E-state index contributed by atoms with van der Waals surface area (Å²) in [5, 5.41) is 0.348. The molecule has 1 amide bonds. The van der Waals surface area contributed by atoms with Crippen molar-refractivity contribution in [3.05, 3.63) is 35.4 Å². The Hall–Kier alpha value is -0.960. The van der Waals surface area contributed by atoms with Gasteiger partial charge in [-0.05, 0) is 30.9 Å². The molecule has 1 N–H and O–H groups in total. The minimum Gasteiger partial charge on any atom is -0.302 e. The smallest absolute Gasteiger partial charge is 0.216 e. The highest BCUT2D eigenvalue weighted by molar-refractivity contribution is 7.98. The molecular weight excluding hydrogens is 194 g/mol. The molecule has 76 valence electrons. The SMILES string of the molecule is CCC(SNC=O)c1ccc(C)cc1. The van der Waals surface area contributed by atoms with Crippen LogP contribution in [0.25, 0.3) is 0 Å². The Morgan fingerprint density at radius 2 is 2.07 bits per heavy atom. The maximum absolute atomic E-state index is 10.2.